The Bertz CT molecular complexity index is 734. The molecule has 140 valence electrons. The van der Waals surface area contributed by atoms with Crippen molar-refractivity contribution in [2.75, 3.05) is 46.7 Å². The maximum absolute atomic E-state index is 12.2. The summed E-state index contributed by atoms with van der Waals surface area (Å²) in [5, 5.41) is 6.12. The highest BCUT2D eigenvalue weighted by Gasteiger charge is 2.08. The van der Waals surface area contributed by atoms with E-state index in [1.165, 1.54) is 0 Å². The average molecular weight is 358 g/mol. The molecule has 1 amide bonds. The molecule has 1 heterocycles. The Kier molecular flexibility index (Phi) is 7.23. The number of anilines is 1. The Labute approximate surface area is 154 Å². The maximum atomic E-state index is 12.2. The molecule has 0 saturated heterocycles. The fourth-order valence-electron chi connectivity index (χ4n) is 2.35. The van der Waals surface area contributed by atoms with Crippen molar-refractivity contribution in [3.05, 3.63) is 47.7 Å². The first-order valence-electron chi connectivity index (χ1n) is 8.37. The molecule has 1 aromatic heterocycles. The fraction of sp³-hybridized carbons (Fsp3) is 0.368. The van der Waals surface area contributed by atoms with Gasteiger partial charge in [-0.15, -0.1) is 0 Å². The normalized spacial score (nSPS) is 10.5. The highest BCUT2D eigenvalue weighted by molar-refractivity contribution is 5.94. The largest absolute Gasteiger partial charge is 0.493 e. The van der Waals surface area contributed by atoms with Crippen LogP contribution in [0.15, 0.2) is 36.5 Å². The second-order valence-corrected chi connectivity index (χ2v) is 6.03. The lowest BCUT2D eigenvalue weighted by Gasteiger charge is -2.12. The number of carbonyl (C=O) groups excluding carboxylic acids is 1. The van der Waals surface area contributed by atoms with Gasteiger partial charge in [-0.2, -0.15) is 0 Å². The first-order chi connectivity index (χ1) is 12.5. The second-order valence-electron chi connectivity index (χ2n) is 6.03. The van der Waals surface area contributed by atoms with E-state index < -0.39 is 0 Å². The molecule has 0 aliphatic carbocycles. The summed E-state index contributed by atoms with van der Waals surface area (Å²) in [4.78, 5) is 18.5. The summed E-state index contributed by atoms with van der Waals surface area (Å²) < 4.78 is 10.5. The summed E-state index contributed by atoms with van der Waals surface area (Å²) in [6.45, 7) is 1.95. The van der Waals surface area contributed by atoms with Crippen molar-refractivity contribution >= 4 is 11.7 Å². The third kappa shape index (κ3) is 5.63. The molecule has 2 aromatic rings. The number of amides is 1. The number of pyridine rings is 1. The van der Waals surface area contributed by atoms with Gasteiger partial charge in [0.25, 0.3) is 5.91 Å². The van der Waals surface area contributed by atoms with Crippen LogP contribution >= 0.6 is 0 Å². The number of ether oxygens (including phenoxy) is 2. The van der Waals surface area contributed by atoms with E-state index in [9.17, 15) is 4.79 Å². The topological polar surface area (TPSA) is 75.7 Å². The number of carbonyl (C=O) groups is 1. The summed E-state index contributed by atoms with van der Waals surface area (Å²) in [6, 6.07) is 9.16. The summed E-state index contributed by atoms with van der Waals surface area (Å²) in [7, 11) is 7.15. The van der Waals surface area contributed by atoms with E-state index in [4.69, 9.17) is 9.47 Å². The van der Waals surface area contributed by atoms with Crippen LogP contribution in [0, 0.1) is 0 Å². The smallest absolute Gasteiger partial charge is 0.251 e. The number of methoxy groups -OCH3 is 2. The summed E-state index contributed by atoms with van der Waals surface area (Å²) in [6.07, 6.45) is 1.62. The number of likely N-dealkylation sites (N-methyl/N-ethyl adjacent to an activating group) is 1. The monoisotopic (exact) mass is 358 g/mol. The zero-order chi connectivity index (χ0) is 18.9. The molecule has 26 heavy (non-hydrogen) atoms. The number of hydrogen-bond donors (Lipinski definition) is 2. The Hall–Kier alpha value is -2.80. The van der Waals surface area contributed by atoms with Crippen molar-refractivity contribution in [3.8, 4) is 11.5 Å². The average Bonchev–Trinajstić information content (AvgIpc) is 2.65. The van der Waals surface area contributed by atoms with Crippen molar-refractivity contribution in [1.29, 1.82) is 0 Å². The number of benzene rings is 1. The molecule has 0 unspecified atom stereocenters. The standard InChI is InChI=1S/C19H26N4O3/c1-23(2)10-9-21-19(24)15-7-8-20-18(12-15)22-13-14-5-6-16(25-3)17(11-14)26-4/h5-8,11-12H,9-10,13H2,1-4H3,(H,20,22)(H,21,24). The van der Waals surface area contributed by atoms with Gasteiger partial charge in [-0.1, -0.05) is 6.07 Å². The molecular formula is C19H26N4O3. The van der Waals surface area contributed by atoms with Gasteiger partial charge in [0.05, 0.1) is 14.2 Å². The number of aromatic nitrogens is 1. The fourth-order valence-corrected chi connectivity index (χ4v) is 2.35. The van der Waals surface area contributed by atoms with E-state index >= 15 is 0 Å². The molecule has 0 atom stereocenters. The quantitative estimate of drug-likeness (QED) is 0.714. The van der Waals surface area contributed by atoms with Crippen LogP contribution in [-0.4, -0.2) is 57.2 Å². The molecule has 0 radical (unpaired) electrons. The van der Waals surface area contributed by atoms with Crippen LogP contribution in [0.4, 0.5) is 5.82 Å². The van der Waals surface area contributed by atoms with Crippen LogP contribution in [0.25, 0.3) is 0 Å². The molecule has 0 saturated carbocycles. The van der Waals surface area contributed by atoms with Crippen molar-refractivity contribution in [1.82, 2.24) is 15.2 Å². The first-order valence-corrected chi connectivity index (χ1v) is 8.37. The number of hydrogen-bond acceptors (Lipinski definition) is 6. The van der Waals surface area contributed by atoms with Crippen LogP contribution in [0.1, 0.15) is 15.9 Å². The van der Waals surface area contributed by atoms with Gasteiger partial charge in [0.1, 0.15) is 5.82 Å². The third-order valence-electron chi connectivity index (χ3n) is 3.79. The van der Waals surface area contributed by atoms with Crippen molar-refractivity contribution in [2.24, 2.45) is 0 Å². The molecule has 0 spiro atoms. The van der Waals surface area contributed by atoms with Crippen LogP contribution < -0.4 is 20.1 Å². The Morgan fingerprint density at radius 2 is 1.88 bits per heavy atom. The van der Waals surface area contributed by atoms with E-state index in [2.05, 4.69) is 15.6 Å². The molecular weight excluding hydrogens is 332 g/mol. The summed E-state index contributed by atoms with van der Waals surface area (Å²) >= 11 is 0. The van der Waals surface area contributed by atoms with E-state index in [1.54, 1.807) is 32.5 Å². The van der Waals surface area contributed by atoms with Crippen molar-refractivity contribution in [3.63, 3.8) is 0 Å². The maximum Gasteiger partial charge on any atom is 0.251 e. The van der Waals surface area contributed by atoms with Gasteiger partial charge >= 0.3 is 0 Å². The van der Waals surface area contributed by atoms with Crippen molar-refractivity contribution < 1.29 is 14.3 Å². The van der Waals surface area contributed by atoms with Gasteiger partial charge in [0.2, 0.25) is 0 Å². The van der Waals surface area contributed by atoms with Gasteiger partial charge in [0.15, 0.2) is 11.5 Å². The zero-order valence-electron chi connectivity index (χ0n) is 15.7. The molecule has 2 rings (SSSR count). The van der Waals surface area contributed by atoms with Gasteiger partial charge in [-0.3, -0.25) is 4.79 Å². The molecule has 0 aliphatic heterocycles. The molecule has 0 fully saturated rings. The van der Waals surface area contributed by atoms with E-state index in [0.29, 0.717) is 36.0 Å². The minimum atomic E-state index is -0.108. The Morgan fingerprint density at radius 3 is 2.58 bits per heavy atom. The van der Waals surface area contributed by atoms with Gasteiger partial charge < -0.3 is 25.0 Å². The molecule has 0 aliphatic rings. The first kappa shape index (κ1) is 19.5. The minimum absolute atomic E-state index is 0.108. The summed E-state index contributed by atoms with van der Waals surface area (Å²) in [5.41, 5.74) is 1.60. The van der Waals surface area contributed by atoms with Crippen LogP contribution in [0.2, 0.25) is 0 Å². The Morgan fingerprint density at radius 1 is 1.12 bits per heavy atom. The van der Waals surface area contributed by atoms with Crippen LogP contribution in [0.3, 0.4) is 0 Å². The lowest BCUT2D eigenvalue weighted by Crippen LogP contribution is -2.31. The molecule has 1 aromatic carbocycles. The van der Waals surface area contributed by atoms with E-state index in [1.807, 2.05) is 37.2 Å². The lowest BCUT2D eigenvalue weighted by atomic mass is 10.2. The summed E-state index contributed by atoms with van der Waals surface area (Å²) in [5.74, 6) is 1.89. The van der Waals surface area contributed by atoms with Gasteiger partial charge in [0, 0.05) is 31.4 Å². The molecule has 7 nitrogen and oxygen atoms in total. The van der Waals surface area contributed by atoms with Gasteiger partial charge in [-0.05, 0) is 43.9 Å². The molecule has 0 bridgehead atoms. The third-order valence-corrected chi connectivity index (χ3v) is 3.79. The minimum Gasteiger partial charge on any atom is -0.493 e. The van der Waals surface area contributed by atoms with Gasteiger partial charge in [-0.25, -0.2) is 4.98 Å². The van der Waals surface area contributed by atoms with Crippen LogP contribution in [0.5, 0.6) is 11.5 Å². The SMILES string of the molecule is COc1ccc(CNc2cc(C(=O)NCCN(C)C)ccn2)cc1OC. The highest BCUT2D eigenvalue weighted by atomic mass is 16.5. The number of nitrogens with one attached hydrogen (secondary N) is 2. The van der Waals surface area contributed by atoms with Crippen LogP contribution in [-0.2, 0) is 6.54 Å². The molecule has 7 heteroatoms. The highest BCUT2D eigenvalue weighted by Crippen LogP contribution is 2.27. The predicted octanol–water partition coefficient (Wildman–Crippen LogP) is 2.00. The number of rotatable bonds is 9. The molecule has 2 N–H and O–H groups in total. The predicted molar refractivity (Wildman–Crippen MR) is 102 cm³/mol. The zero-order valence-corrected chi connectivity index (χ0v) is 15.7. The van der Waals surface area contributed by atoms with E-state index in [0.717, 1.165) is 12.1 Å². The second kappa shape index (κ2) is 9.62. The lowest BCUT2D eigenvalue weighted by molar-refractivity contribution is 0.0951. The van der Waals surface area contributed by atoms with Crippen molar-refractivity contribution in [2.45, 2.75) is 6.54 Å². The van der Waals surface area contributed by atoms with E-state index in [-0.39, 0.29) is 5.91 Å². The number of nitrogens with zero attached hydrogens (tertiary/aromatic N) is 2. The Balaban J connectivity index is 1.97.